The third-order valence-electron chi connectivity index (χ3n) is 6.58. The minimum atomic E-state index is -1.70. The summed E-state index contributed by atoms with van der Waals surface area (Å²) in [6.07, 6.45) is 6.55. The molecular formula is C16H23FO2. The van der Waals surface area contributed by atoms with Gasteiger partial charge in [-0.1, -0.05) is 20.3 Å². The Labute approximate surface area is 114 Å². The summed E-state index contributed by atoms with van der Waals surface area (Å²) in [6.45, 7) is 3.62. The number of carbonyl (C=O) groups is 1. The summed E-state index contributed by atoms with van der Waals surface area (Å²) in [4.78, 5) is 12.1. The fourth-order valence-electron chi connectivity index (χ4n) is 5.28. The zero-order valence-electron chi connectivity index (χ0n) is 11.8. The topological polar surface area (TPSA) is 26.3 Å². The molecule has 19 heavy (non-hydrogen) atoms. The molecule has 2 nitrogen and oxygen atoms in total. The van der Waals surface area contributed by atoms with E-state index in [0.29, 0.717) is 12.3 Å². The van der Waals surface area contributed by atoms with Gasteiger partial charge in [0.2, 0.25) is 5.67 Å². The van der Waals surface area contributed by atoms with Crippen LogP contribution in [-0.2, 0) is 9.53 Å². The van der Waals surface area contributed by atoms with Gasteiger partial charge < -0.3 is 4.74 Å². The number of rotatable bonds is 2. The van der Waals surface area contributed by atoms with Gasteiger partial charge >= 0.3 is 5.97 Å². The maximum absolute atomic E-state index is 14.4. The van der Waals surface area contributed by atoms with E-state index < -0.39 is 17.1 Å². The van der Waals surface area contributed by atoms with Gasteiger partial charge in [-0.05, 0) is 49.4 Å². The number of fused-ring (bicyclic) bond motifs is 5. The second kappa shape index (κ2) is 3.53. The van der Waals surface area contributed by atoms with Crippen LogP contribution >= 0.6 is 0 Å². The number of halogens is 1. The van der Waals surface area contributed by atoms with Crippen molar-refractivity contribution in [1.29, 1.82) is 0 Å². The number of ether oxygens (including phenoxy) is 1. The van der Waals surface area contributed by atoms with Crippen molar-refractivity contribution in [3.63, 3.8) is 0 Å². The first-order valence-corrected chi connectivity index (χ1v) is 7.82. The van der Waals surface area contributed by atoms with Gasteiger partial charge in [-0.15, -0.1) is 0 Å². The van der Waals surface area contributed by atoms with E-state index in [4.69, 9.17) is 4.74 Å². The first kappa shape index (κ1) is 12.2. The van der Waals surface area contributed by atoms with Crippen molar-refractivity contribution in [1.82, 2.24) is 0 Å². The molecule has 4 aliphatic carbocycles. The van der Waals surface area contributed by atoms with Crippen LogP contribution in [0.1, 0.15) is 52.4 Å². The SMILES string of the molecule is CC1(C)CC1(F)C(=O)OC1CC2CC1C1CCCC21. The van der Waals surface area contributed by atoms with E-state index in [0.717, 1.165) is 24.2 Å². The summed E-state index contributed by atoms with van der Waals surface area (Å²) in [5.41, 5.74) is -2.22. The van der Waals surface area contributed by atoms with Crippen molar-refractivity contribution in [2.24, 2.45) is 29.1 Å². The second-order valence-corrected chi connectivity index (χ2v) is 7.96. The van der Waals surface area contributed by atoms with Crippen molar-refractivity contribution < 1.29 is 13.9 Å². The molecule has 106 valence electrons. The molecule has 0 spiro atoms. The standard InChI is InChI=1S/C16H23FO2/c1-15(2)8-16(15,17)14(18)19-13-7-9-6-12(13)11-5-3-4-10(9)11/h9-13H,3-8H2,1-2H3. The minimum Gasteiger partial charge on any atom is -0.460 e. The van der Waals surface area contributed by atoms with E-state index >= 15 is 0 Å². The number of esters is 1. The molecule has 0 aromatic rings. The lowest BCUT2D eigenvalue weighted by Crippen LogP contribution is -2.36. The van der Waals surface area contributed by atoms with Gasteiger partial charge in [0.25, 0.3) is 0 Å². The molecule has 0 heterocycles. The first-order valence-electron chi connectivity index (χ1n) is 7.82. The highest BCUT2D eigenvalue weighted by atomic mass is 19.1. The number of hydrogen-bond acceptors (Lipinski definition) is 2. The van der Waals surface area contributed by atoms with Gasteiger partial charge in [-0.3, -0.25) is 0 Å². The highest BCUT2D eigenvalue weighted by Crippen LogP contribution is 2.62. The molecule has 6 atom stereocenters. The van der Waals surface area contributed by atoms with E-state index in [-0.39, 0.29) is 6.10 Å². The van der Waals surface area contributed by atoms with Crippen LogP contribution in [0.25, 0.3) is 0 Å². The highest BCUT2D eigenvalue weighted by molar-refractivity contribution is 5.84. The van der Waals surface area contributed by atoms with Crippen LogP contribution in [0.3, 0.4) is 0 Å². The van der Waals surface area contributed by atoms with Crippen LogP contribution in [0.4, 0.5) is 4.39 Å². The Hall–Kier alpha value is -0.600. The van der Waals surface area contributed by atoms with Crippen LogP contribution < -0.4 is 0 Å². The Bertz CT molecular complexity index is 432. The molecule has 0 amide bonds. The molecule has 0 aromatic carbocycles. The summed E-state index contributed by atoms with van der Waals surface area (Å²) in [5, 5.41) is 0. The van der Waals surface area contributed by atoms with Gasteiger partial charge in [-0.25, -0.2) is 9.18 Å². The monoisotopic (exact) mass is 266 g/mol. The third kappa shape index (κ3) is 1.50. The van der Waals surface area contributed by atoms with Gasteiger partial charge in [0.15, 0.2) is 0 Å². The number of carbonyl (C=O) groups excluding carboxylic acids is 1. The number of alkyl halides is 1. The van der Waals surface area contributed by atoms with E-state index in [1.165, 1.54) is 25.7 Å². The van der Waals surface area contributed by atoms with Gasteiger partial charge in [0.1, 0.15) is 6.10 Å². The summed E-state index contributed by atoms with van der Waals surface area (Å²) < 4.78 is 20.0. The Morgan fingerprint density at radius 1 is 1.16 bits per heavy atom. The minimum absolute atomic E-state index is 0.0147. The maximum atomic E-state index is 14.4. The van der Waals surface area contributed by atoms with Crippen molar-refractivity contribution in [3.8, 4) is 0 Å². The lowest BCUT2D eigenvalue weighted by atomic mass is 9.80. The fraction of sp³-hybridized carbons (Fsp3) is 0.938. The van der Waals surface area contributed by atoms with Gasteiger partial charge in [0, 0.05) is 11.8 Å². The van der Waals surface area contributed by atoms with Crippen LogP contribution in [0, 0.1) is 29.1 Å². The van der Waals surface area contributed by atoms with E-state index in [9.17, 15) is 9.18 Å². The van der Waals surface area contributed by atoms with Crippen molar-refractivity contribution in [2.75, 3.05) is 0 Å². The van der Waals surface area contributed by atoms with Crippen molar-refractivity contribution in [2.45, 2.75) is 64.1 Å². The van der Waals surface area contributed by atoms with E-state index in [2.05, 4.69) is 0 Å². The van der Waals surface area contributed by atoms with Crippen molar-refractivity contribution >= 4 is 5.97 Å². The normalized spacial score (nSPS) is 53.1. The van der Waals surface area contributed by atoms with Gasteiger partial charge in [-0.2, -0.15) is 0 Å². The van der Waals surface area contributed by atoms with Crippen LogP contribution in [0.15, 0.2) is 0 Å². The zero-order valence-corrected chi connectivity index (χ0v) is 11.8. The molecule has 4 fully saturated rings. The first-order chi connectivity index (χ1) is 8.92. The summed E-state index contributed by atoms with van der Waals surface area (Å²) in [5.74, 6) is 2.35. The summed E-state index contributed by atoms with van der Waals surface area (Å²) in [7, 11) is 0. The maximum Gasteiger partial charge on any atom is 0.344 e. The number of hydrogen-bond donors (Lipinski definition) is 0. The highest BCUT2D eigenvalue weighted by Gasteiger charge is 2.70. The second-order valence-electron chi connectivity index (χ2n) is 7.96. The molecule has 0 aromatic heterocycles. The van der Waals surface area contributed by atoms with Crippen LogP contribution in [0.5, 0.6) is 0 Å². The van der Waals surface area contributed by atoms with E-state index in [1.807, 2.05) is 13.8 Å². The quantitative estimate of drug-likeness (QED) is 0.715. The molecule has 4 saturated carbocycles. The van der Waals surface area contributed by atoms with Gasteiger partial charge in [0.05, 0.1) is 0 Å². The molecule has 0 radical (unpaired) electrons. The lowest BCUT2D eigenvalue weighted by molar-refractivity contribution is -0.162. The average molecular weight is 266 g/mol. The zero-order chi connectivity index (χ0) is 13.4. The molecule has 0 aliphatic heterocycles. The summed E-state index contributed by atoms with van der Waals surface area (Å²) in [6, 6.07) is 0. The predicted octanol–water partition coefficient (Wildman–Crippen LogP) is 3.49. The van der Waals surface area contributed by atoms with E-state index in [1.54, 1.807) is 0 Å². The Morgan fingerprint density at radius 2 is 1.84 bits per heavy atom. The van der Waals surface area contributed by atoms with Crippen molar-refractivity contribution in [3.05, 3.63) is 0 Å². The molecular weight excluding hydrogens is 243 g/mol. The molecule has 0 saturated heterocycles. The Kier molecular flexibility index (Phi) is 2.26. The summed E-state index contributed by atoms with van der Waals surface area (Å²) >= 11 is 0. The largest absolute Gasteiger partial charge is 0.460 e. The Morgan fingerprint density at radius 3 is 2.53 bits per heavy atom. The molecule has 4 rings (SSSR count). The predicted molar refractivity (Wildman–Crippen MR) is 69.2 cm³/mol. The molecule has 2 bridgehead atoms. The van der Waals surface area contributed by atoms with Crippen LogP contribution in [-0.4, -0.2) is 17.7 Å². The molecule has 4 aliphatic rings. The third-order valence-corrected chi connectivity index (χ3v) is 6.58. The fourth-order valence-corrected chi connectivity index (χ4v) is 5.28. The Balaban J connectivity index is 1.44. The van der Waals surface area contributed by atoms with Crippen LogP contribution in [0.2, 0.25) is 0 Å². The molecule has 6 unspecified atom stereocenters. The smallest absolute Gasteiger partial charge is 0.344 e. The molecule has 0 N–H and O–H groups in total. The molecule has 3 heteroatoms. The average Bonchev–Trinajstić information content (AvgIpc) is 2.79. The lowest BCUT2D eigenvalue weighted by Gasteiger charge is -2.31.